The molecule has 2 heterocycles. The largest absolute Gasteiger partial charge is 0.393 e. The Bertz CT molecular complexity index is 239. The van der Waals surface area contributed by atoms with Gasteiger partial charge >= 0.3 is 0 Å². The molecule has 80 valence electrons. The molecule has 0 aliphatic carbocycles. The first-order chi connectivity index (χ1) is 6.72. The lowest BCUT2D eigenvalue weighted by Crippen LogP contribution is -2.26. The molecule has 0 saturated carbocycles. The molecule has 14 heavy (non-hydrogen) atoms. The van der Waals surface area contributed by atoms with Gasteiger partial charge in [0.1, 0.15) is 6.10 Å². The van der Waals surface area contributed by atoms with E-state index in [1.165, 1.54) is 18.6 Å². The van der Waals surface area contributed by atoms with E-state index in [2.05, 4.69) is 31.0 Å². The van der Waals surface area contributed by atoms with Gasteiger partial charge in [-0.1, -0.05) is 12.1 Å². The second-order valence-electron chi connectivity index (χ2n) is 4.52. The van der Waals surface area contributed by atoms with Crippen LogP contribution in [0.1, 0.15) is 39.5 Å². The van der Waals surface area contributed by atoms with Gasteiger partial charge in [-0.3, -0.25) is 4.90 Å². The first-order valence-corrected chi connectivity index (χ1v) is 5.67. The van der Waals surface area contributed by atoms with Gasteiger partial charge in [-0.15, -0.1) is 0 Å². The third kappa shape index (κ3) is 1.65. The van der Waals surface area contributed by atoms with Crippen molar-refractivity contribution >= 4 is 5.71 Å². The molecule has 2 rings (SSSR count). The molecule has 2 aliphatic heterocycles. The molecule has 2 saturated heterocycles. The van der Waals surface area contributed by atoms with Crippen LogP contribution in [0, 0.1) is 0 Å². The molecule has 3 unspecified atom stereocenters. The lowest BCUT2D eigenvalue weighted by atomic mass is 9.99. The van der Waals surface area contributed by atoms with E-state index in [0.717, 1.165) is 18.9 Å². The van der Waals surface area contributed by atoms with Gasteiger partial charge in [0.25, 0.3) is 0 Å². The topological polar surface area (TPSA) is 24.8 Å². The van der Waals surface area contributed by atoms with Crippen LogP contribution in [0.2, 0.25) is 0 Å². The van der Waals surface area contributed by atoms with Gasteiger partial charge in [-0.25, -0.2) is 0 Å². The van der Waals surface area contributed by atoms with Crippen LogP contribution >= 0.6 is 0 Å². The van der Waals surface area contributed by atoms with Crippen molar-refractivity contribution < 1.29 is 4.84 Å². The molecule has 0 spiro atoms. The number of nitrogens with zero attached hydrogens (tertiary/aromatic N) is 2. The molecule has 2 fully saturated rings. The Hall–Kier alpha value is -0.570. The van der Waals surface area contributed by atoms with E-state index in [-0.39, 0.29) is 6.10 Å². The number of rotatable bonds is 3. The van der Waals surface area contributed by atoms with Crippen LogP contribution in [-0.2, 0) is 4.84 Å². The highest BCUT2D eigenvalue weighted by molar-refractivity contribution is 5.92. The van der Waals surface area contributed by atoms with E-state index >= 15 is 0 Å². The monoisotopic (exact) mass is 196 g/mol. The van der Waals surface area contributed by atoms with Crippen LogP contribution in [0.5, 0.6) is 0 Å². The maximum absolute atomic E-state index is 5.44. The molecule has 0 radical (unpaired) electrons. The summed E-state index contributed by atoms with van der Waals surface area (Å²) in [5.74, 6) is 0. The molecule has 3 nitrogen and oxygen atoms in total. The second kappa shape index (κ2) is 3.89. The molecule has 0 aromatic carbocycles. The highest BCUT2D eigenvalue weighted by Crippen LogP contribution is 2.34. The van der Waals surface area contributed by atoms with E-state index in [9.17, 15) is 0 Å². The van der Waals surface area contributed by atoms with Crippen LogP contribution in [0.3, 0.4) is 0 Å². The third-order valence-electron chi connectivity index (χ3n) is 3.60. The Labute approximate surface area is 86.1 Å². The number of oxime groups is 1. The Balaban J connectivity index is 1.94. The van der Waals surface area contributed by atoms with Gasteiger partial charge in [-0.2, -0.15) is 0 Å². The molecule has 3 heteroatoms. The standard InChI is InChI=1S/C11H20N2O/c1-4-8(2)14-12-10-7-9-5-6-11(10)13(9)3/h8-9,11H,4-7H2,1-3H3/b12-10-. The molecule has 2 aliphatic rings. The molecule has 2 bridgehead atoms. The van der Waals surface area contributed by atoms with E-state index in [1.807, 2.05) is 0 Å². The van der Waals surface area contributed by atoms with Crippen LogP contribution in [0.15, 0.2) is 5.16 Å². The van der Waals surface area contributed by atoms with Gasteiger partial charge in [-0.05, 0) is 33.2 Å². The molecular formula is C11H20N2O. The fourth-order valence-electron chi connectivity index (χ4n) is 2.37. The molecule has 0 aromatic rings. The normalized spacial score (nSPS) is 36.6. The minimum absolute atomic E-state index is 0.256. The average Bonchev–Trinajstić information content (AvgIpc) is 2.70. The maximum atomic E-state index is 5.44. The summed E-state index contributed by atoms with van der Waals surface area (Å²) >= 11 is 0. The van der Waals surface area contributed by atoms with E-state index in [4.69, 9.17) is 4.84 Å². The lowest BCUT2D eigenvalue weighted by Gasteiger charge is -2.14. The van der Waals surface area contributed by atoms with Crippen molar-refractivity contribution in [2.24, 2.45) is 5.16 Å². The molecule has 0 aromatic heterocycles. The summed E-state index contributed by atoms with van der Waals surface area (Å²) in [5, 5.41) is 4.30. The zero-order valence-electron chi connectivity index (χ0n) is 9.36. The fourth-order valence-corrected chi connectivity index (χ4v) is 2.37. The number of hydrogen-bond donors (Lipinski definition) is 0. The van der Waals surface area contributed by atoms with Crippen LogP contribution in [0.25, 0.3) is 0 Å². The fraction of sp³-hybridized carbons (Fsp3) is 0.909. The summed E-state index contributed by atoms with van der Waals surface area (Å²) in [6.45, 7) is 4.19. The quantitative estimate of drug-likeness (QED) is 0.645. The van der Waals surface area contributed by atoms with Gasteiger partial charge in [0.05, 0.1) is 11.8 Å². The lowest BCUT2D eigenvalue weighted by molar-refractivity contribution is 0.0686. The predicted octanol–water partition coefficient (Wildman–Crippen LogP) is 2.02. The molecular weight excluding hydrogens is 176 g/mol. The summed E-state index contributed by atoms with van der Waals surface area (Å²) in [6, 6.07) is 1.31. The first-order valence-electron chi connectivity index (χ1n) is 5.67. The molecule has 0 N–H and O–H groups in total. The van der Waals surface area contributed by atoms with Gasteiger partial charge < -0.3 is 4.84 Å². The zero-order chi connectivity index (χ0) is 10.1. The molecule has 0 amide bonds. The van der Waals surface area contributed by atoms with Crippen LogP contribution in [0.4, 0.5) is 0 Å². The maximum Gasteiger partial charge on any atom is 0.124 e. The van der Waals surface area contributed by atoms with Crippen molar-refractivity contribution in [2.45, 2.75) is 57.7 Å². The number of fused-ring (bicyclic) bond motifs is 2. The van der Waals surface area contributed by atoms with Crippen LogP contribution < -0.4 is 0 Å². The van der Waals surface area contributed by atoms with Crippen molar-refractivity contribution in [3.63, 3.8) is 0 Å². The zero-order valence-corrected chi connectivity index (χ0v) is 9.36. The Morgan fingerprint density at radius 2 is 2.36 bits per heavy atom. The Morgan fingerprint density at radius 3 is 2.86 bits per heavy atom. The Morgan fingerprint density at radius 1 is 1.57 bits per heavy atom. The SMILES string of the molecule is CCC(C)O/N=C1/CC2CCC1N2C. The predicted molar refractivity (Wildman–Crippen MR) is 57.5 cm³/mol. The average molecular weight is 196 g/mol. The van der Waals surface area contributed by atoms with Crippen molar-refractivity contribution in [1.29, 1.82) is 0 Å². The summed E-state index contributed by atoms with van der Waals surface area (Å²) in [5.41, 5.74) is 1.27. The van der Waals surface area contributed by atoms with Gasteiger partial charge in [0.2, 0.25) is 0 Å². The van der Waals surface area contributed by atoms with Gasteiger partial charge in [0, 0.05) is 12.5 Å². The van der Waals surface area contributed by atoms with Gasteiger partial charge in [0.15, 0.2) is 0 Å². The van der Waals surface area contributed by atoms with Crippen molar-refractivity contribution in [2.75, 3.05) is 7.05 Å². The summed E-state index contributed by atoms with van der Waals surface area (Å²) < 4.78 is 0. The minimum Gasteiger partial charge on any atom is -0.393 e. The Kier molecular flexibility index (Phi) is 2.77. The summed E-state index contributed by atoms with van der Waals surface area (Å²) in [6.07, 6.45) is 5.01. The molecule has 3 atom stereocenters. The van der Waals surface area contributed by atoms with Crippen LogP contribution in [-0.4, -0.2) is 35.8 Å². The number of hydrogen-bond acceptors (Lipinski definition) is 3. The highest BCUT2D eigenvalue weighted by Gasteiger charge is 2.42. The minimum atomic E-state index is 0.256. The summed E-state index contributed by atoms with van der Waals surface area (Å²) in [4.78, 5) is 7.88. The van der Waals surface area contributed by atoms with Crippen molar-refractivity contribution in [3.8, 4) is 0 Å². The summed E-state index contributed by atoms with van der Waals surface area (Å²) in [7, 11) is 2.20. The van der Waals surface area contributed by atoms with E-state index in [0.29, 0.717) is 6.04 Å². The smallest absolute Gasteiger partial charge is 0.124 e. The second-order valence-corrected chi connectivity index (χ2v) is 4.52. The van der Waals surface area contributed by atoms with Crippen molar-refractivity contribution in [3.05, 3.63) is 0 Å². The first kappa shape index (κ1) is 9.97. The van der Waals surface area contributed by atoms with E-state index < -0.39 is 0 Å². The third-order valence-corrected chi connectivity index (χ3v) is 3.60. The van der Waals surface area contributed by atoms with Crippen molar-refractivity contribution in [1.82, 2.24) is 4.90 Å². The van der Waals surface area contributed by atoms with E-state index in [1.54, 1.807) is 0 Å². The highest BCUT2D eigenvalue weighted by atomic mass is 16.6.